The van der Waals surface area contributed by atoms with E-state index in [9.17, 15) is 5.11 Å². The summed E-state index contributed by atoms with van der Waals surface area (Å²) < 4.78 is 11.0. The van der Waals surface area contributed by atoms with E-state index in [1.165, 1.54) is 19.3 Å². The number of aliphatic hydroxyl groups is 1. The molecular formula is C15H21NO3. The summed E-state index contributed by atoms with van der Waals surface area (Å²) in [5.74, 6) is 1.54. The molecule has 1 aromatic rings. The quantitative estimate of drug-likeness (QED) is 0.886. The lowest BCUT2D eigenvalue weighted by molar-refractivity contribution is -0.00447. The third-order valence-electron chi connectivity index (χ3n) is 4.17. The smallest absolute Gasteiger partial charge is 0.125 e. The number of nitrogens with zero attached hydrogens (tertiary/aromatic N) is 1. The summed E-state index contributed by atoms with van der Waals surface area (Å²) in [4.78, 5) is 2.36. The molecule has 1 fully saturated rings. The number of hydrogen-bond acceptors (Lipinski definition) is 4. The highest BCUT2D eigenvalue weighted by atomic mass is 16.5. The largest absolute Gasteiger partial charge is 0.497 e. The molecule has 2 unspecified atom stereocenters. The first-order chi connectivity index (χ1) is 9.29. The molecule has 104 valence electrons. The van der Waals surface area contributed by atoms with Crippen LogP contribution in [0.4, 0.5) is 0 Å². The number of rotatable bonds is 2. The third kappa shape index (κ3) is 2.42. The van der Waals surface area contributed by atoms with Gasteiger partial charge in [0, 0.05) is 5.56 Å². The Morgan fingerprint density at radius 1 is 1.26 bits per heavy atom. The van der Waals surface area contributed by atoms with Gasteiger partial charge in [0.1, 0.15) is 24.2 Å². The second kappa shape index (κ2) is 5.39. The van der Waals surface area contributed by atoms with Crippen molar-refractivity contribution < 1.29 is 14.6 Å². The first kappa shape index (κ1) is 12.8. The zero-order valence-corrected chi connectivity index (χ0v) is 11.3. The summed E-state index contributed by atoms with van der Waals surface area (Å²) >= 11 is 0. The van der Waals surface area contributed by atoms with Crippen molar-refractivity contribution in [3.05, 3.63) is 23.8 Å². The van der Waals surface area contributed by atoms with Crippen LogP contribution in [0.3, 0.4) is 0 Å². The van der Waals surface area contributed by atoms with Crippen LogP contribution in [0.15, 0.2) is 18.2 Å². The Morgan fingerprint density at radius 3 is 2.79 bits per heavy atom. The minimum Gasteiger partial charge on any atom is -0.497 e. The van der Waals surface area contributed by atoms with Crippen LogP contribution in [0, 0.1) is 0 Å². The Morgan fingerprint density at radius 2 is 2.05 bits per heavy atom. The monoisotopic (exact) mass is 263 g/mol. The second-order valence-corrected chi connectivity index (χ2v) is 5.32. The molecule has 2 aliphatic heterocycles. The Labute approximate surface area is 113 Å². The van der Waals surface area contributed by atoms with E-state index in [2.05, 4.69) is 4.90 Å². The van der Waals surface area contributed by atoms with Crippen molar-refractivity contribution in [2.45, 2.75) is 31.4 Å². The summed E-state index contributed by atoms with van der Waals surface area (Å²) in [6.45, 7) is 2.69. The third-order valence-corrected chi connectivity index (χ3v) is 4.17. The molecule has 0 amide bonds. The van der Waals surface area contributed by atoms with E-state index in [4.69, 9.17) is 9.47 Å². The van der Waals surface area contributed by atoms with E-state index in [1.807, 2.05) is 18.2 Å². The van der Waals surface area contributed by atoms with Crippen LogP contribution in [-0.4, -0.2) is 42.9 Å². The molecule has 0 aliphatic carbocycles. The lowest BCUT2D eigenvalue weighted by Gasteiger charge is -2.40. The SMILES string of the molecule is COc1ccc2c(c1)C(O)C(N1CCCCC1)CO2. The van der Waals surface area contributed by atoms with E-state index in [0.717, 1.165) is 30.2 Å². The van der Waals surface area contributed by atoms with Crippen molar-refractivity contribution in [1.29, 1.82) is 0 Å². The van der Waals surface area contributed by atoms with Gasteiger partial charge < -0.3 is 14.6 Å². The van der Waals surface area contributed by atoms with Gasteiger partial charge in [0.25, 0.3) is 0 Å². The Balaban J connectivity index is 1.83. The fourth-order valence-corrected chi connectivity index (χ4v) is 3.04. The molecule has 1 N–H and O–H groups in total. The van der Waals surface area contributed by atoms with Crippen molar-refractivity contribution in [3.63, 3.8) is 0 Å². The van der Waals surface area contributed by atoms with Crippen molar-refractivity contribution >= 4 is 0 Å². The highest BCUT2D eigenvalue weighted by molar-refractivity contribution is 5.43. The molecule has 0 aromatic heterocycles. The van der Waals surface area contributed by atoms with Gasteiger partial charge in [-0.2, -0.15) is 0 Å². The van der Waals surface area contributed by atoms with Gasteiger partial charge >= 0.3 is 0 Å². The van der Waals surface area contributed by atoms with Crippen molar-refractivity contribution in [2.24, 2.45) is 0 Å². The summed E-state index contributed by atoms with van der Waals surface area (Å²) in [6.07, 6.45) is 3.24. The predicted molar refractivity (Wildman–Crippen MR) is 72.7 cm³/mol. The van der Waals surface area contributed by atoms with E-state index in [1.54, 1.807) is 7.11 Å². The molecule has 1 aromatic carbocycles. The van der Waals surface area contributed by atoms with Crippen molar-refractivity contribution in [1.82, 2.24) is 4.90 Å². The zero-order valence-electron chi connectivity index (χ0n) is 11.3. The van der Waals surface area contributed by atoms with E-state index >= 15 is 0 Å². The maximum absolute atomic E-state index is 10.6. The number of piperidine rings is 1. The van der Waals surface area contributed by atoms with Gasteiger partial charge in [0.2, 0.25) is 0 Å². The maximum atomic E-state index is 10.6. The van der Waals surface area contributed by atoms with Gasteiger partial charge in [-0.05, 0) is 44.1 Å². The van der Waals surface area contributed by atoms with Gasteiger partial charge in [-0.25, -0.2) is 0 Å². The molecule has 19 heavy (non-hydrogen) atoms. The van der Waals surface area contributed by atoms with E-state index in [0.29, 0.717) is 6.61 Å². The van der Waals surface area contributed by atoms with Gasteiger partial charge in [-0.1, -0.05) is 6.42 Å². The Bertz CT molecular complexity index is 443. The summed E-state index contributed by atoms with van der Waals surface area (Å²) in [5, 5.41) is 10.6. The van der Waals surface area contributed by atoms with E-state index < -0.39 is 6.10 Å². The highest BCUT2D eigenvalue weighted by Gasteiger charge is 2.34. The number of likely N-dealkylation sites (tertiary alicyclic amines) is 1. The van der Waals surface area contributed by atoms with Crippen LogP contribution in [0.2, 0.25) is 0 Å². The fraction of sp³-hybridized carbons (Fsp3) is 0.600. The Hall–Kier alpha value is -1.26. The normalized spacial score (nSPS) is 27.5. The topological polar surface area (TPSA) is 41.9 Å². The van der Waals surface area contributed by atoms with Crippen LogP contribution in [0.5, 0.6) is 11.5 Å². The minimum atomic E-state index is -0.489. The predicted octanol–water partition coefficient (Wildman–Crippen LogP) is 1.98. The number of ether oxygens (including phenoxy) is 2. The number of aliphatic hydroxyl groups excluding tert-OH is 1. The molecular weight excluding hydrogens is 242 g/mol. The highest BCUT2D eigenvalue weighted by Crippen LogP contribution is 2.37. The standard InChI is InChI=1S/C15H21NO3/c1-18-11-5-6-14-12(9-11)15(17)13(10-19-14)16-7-3-2-4-8-16/h5-6,9,13,15,17H,2-4,7-8,10H2,1H3. The van der Waals surface area contributed by atoms with Gasteiger partial charge in [-0.15, -0.1) is 0 Å². The second-order valence-electron chi connectivity index (χ2n) is 5.32. The molecule has 0 spiro atoms. The molecule has 2 aliphatic rings. The molecule has 1 saturated heterocycles. The van der Waals surface area contributed by atoms with Crippen molar-refractivity contribution in [2.75, 3.05) is 26.8 Å². The summed E-state index contributed by atoms with van der Waals surface area (Å²) in [6, 6.07) is 5.70. The molecule has 0 saturated carbocycles. The zero-order chi connectivity index (χ0) is 13.2. The first-order valence-corrected chi connectivity index (χ1v) is 7.02. The molecule has 0 radical (unpaired) electrons. The maximum Gasteiger partial charge on any atom is 0.125 e. The minimum absolute atomic E-state index is 0.0694. The molecule has 4 nitrogen and oxygen atoms in total. The lowest BCUT2D eigenvalue weighted by atomic mass is 9.96. The average Bonchev–Trinajstić information content (AvgIpc) is 2.48. The molecule has 3 rings (SSSR count). The first-order valence-electron chi connectivity index (χ1n) is 7.02. The molecule has 2 heterocycles. The van der Waals surface area contributed by atoms with Gasteiger partial charge in [-0.3, -0.25) is 4.90 Å². The molecule has 0 bridgehead atoms. The molecule has 4 heteroatoms. The van der Waals surface area contributed by atoms with Crippen LogP contribution in [0.1, 0.15) is 30.9 Å². The van der Waals surface area contributed by atoms with E-state index in [-0.39, 0.29) is 6.04 Å². The van der Waals surface area contributed by atoms with Crippen LogP contribution >= 0.6 is 0 Å². The van der Waals surface area contributed by atoms with Crippen LogP contribution in [0.25, 0.3) is 0 Å². The Kier molecular flexibility index (Phi) is 3.62. The number of benzene rings is 1. The van der Waals surface area contributed by atoms with Crippen molar-refractivity contribution in [3.8, 4) is 11.5 Å². The number of methoxy groups -OCH3 is 1. The summed E-state index contributed by atoms with van der Waals surface area (Å²) in [5.41, 5.74) is 0.848. The van der Waals surface area contributed by atoms with Gasteiger partial charge in [0.05, 0.1) is 13.2 Å². The fourth-order valence-electron chi connectivity index (χ4n) is 3.04. The van der Waals surface area contributed by atoms with Crippen LogP contribution < -0.4 is 9.47 Å². The average molecular weight is 263 g/mol. The number of hydrogen-bond donors (Lipinski definition) is 1. The molecule has 2 atom stereocenters. The lowest BCUT2D eigenvalue weighted by Crippen LogP contribution is -2.48. The van der Waals surface area contributed by atoms with Gasteiger partial charge in [0.15, 0.2) is 0 Å². The summed E-state index contributed by atoms with van der Waals surface area (Å²) in [7, 11) is 1.64. The number of fused-ring (bicyclic) bond motifs is 1. The van der Waals surface area contributed by atoms with Crippen LogP contribution in [-0.2, 0) is 0 Å².